The molecule has 1 aromatic heterocycles. The Hall–Kier alpha value is -2.63. The highest BCUT2D eigenvalue weighted by atomic mass is 16.5. The summed E-state index contributed by atoms with van der Waals surface area (Å²) in [5, 5.41) is 7.65. The lowest BCUT2D eigenvalue weighted by atomic mass is 9.72. The first-order valence-corrected chi connectivity index (χ1v) is 8.05. The molecule has 1 aliphatic carbocycles. The summed E-state index contributed by atoms with van der Waals surface area (Å²) >= 11 is 0. The van der Waals surface area contributed by atoms with E-state index >= 15 is 0 Å². The second-order valence-corrected chi connectivity index (χ2v) is 7.05. The molecule has 0 saturated carbocycles. The van der Waals surface area contributed by atoms with E-state index in [-0.39, 0.29) is 23.2 Å². The zero-order valence-electron chi connectivity index (χ0n) is 14.0. The van der Waals surface area contributed by atoms with Crippen molar-refractivity contribution in [1.29, 1.82) is 0 Å². The van der Waals surface area contributed by atoms with Gasteiger partial charge in [0.15, 0.2) is 0 Å². The van der Waals surface area contributed by atoms with Crippen LogP contribution in [0.25, 0.3) is 0 Å². The summed E-state index contributed by atoms with van der Waals surface area (Å²) < 4.78 is 7.32. The van der Waals surface area contributed by atoms with Crippen LogP contribution < -0.4 is 10.1 Å². The van der Waals surface area contributed by atoms with E-state index in [0.29, 0.717) is 12.4 Å². The summed E-state index contributed by atoms with van der Waals surface area (Å²) in [5.74, 6) is 1.31. The van der Waals surface area contributed by atoms with Gasteiger partial charge in [0.2, 0.25) is 5.95 Å². The third-order valence-corrected chi connectivity index (χ3v) is 4.72. The van der Waals surface area contributed by atoms with Gasteiger partial charge in [-0.1, -0.05) is 38.1 Å². The van der Waals surface area contributed by atoms with Crippen molar-refractivity contribution in [2.45, 2.75) is 26.3 Å². The Bertz CT molecular complexity index is 837. The van der Waals surface area contributed by atoms with Crippen molar-refractivity contribution in [2.75, 3.05) is 12.4 Å². The van der Waals surface area contributed by atoms with Gasteiger partial charge in [0, 0.05) is 17.7 Å². The molecule has 1 N–H and O–H groups in total. The summed E-state index contributed by atoms with van der Waals surface area (Å²) in [5.41, 5.74) is 1.69. The number of allylic oxidation sites excluding steroid dienone is 2. The van der Waals surface area contributed by atoms with Crippen molar-refractivity contribution in [3.05, 3.63) is 47.9 Å². The van der Waals surface area contributed by atoms with E-state index in [1.807, 2.05) is 24.3 Å². The molecule has 4 rings (SSSR count). The number of Topliss-reactive ketones (excluding diaryl/α,β-unsaturated/α-hetero) is 1. The van der Waals surface area contributed by atoms with Crippen LogP contribution in [0.2, 0.25) is 0 Å². The first-order chi connectivity index (χ1) is 11.5. The topological polar surface area (TPSA) is 69.0 Å². The number of anilines is 1. The Balaban J connectivity index is 1.93. The molecule has 2 heterocycles. The minimum atomic E-state index is -0.302. The molecule has 1 aliphatic heterocycles. The summed E-state index contributed by atoms with van der Waals surface area (Å²) in [6, 6.07) is 7.53. The van der Waals surface area contributed by atoms with Crippen molar-refractivity contribution < 1.29 is 9.53 Å². The molecule has 6 heteroatoms. The van der Waals surface area contributed by atoms with Gasteiger partial charge in [-0.2, -0.15) is 10.1 Å². The minimum Gasteiger partial charge on any atom is -0.496 e. The highest BCUT2D eigenvalue weighted by molar-refractivity contribution is 5.88. The molecular formula is C18H20N4O2. The number of benzene rings is 1. The number of ketones is 1. The van der Waals surface area contributed by atoms with Gasteiger partial charge in [-0.15, -0.1) is 0 Å². The van der Waals surface area contributed by atoms with Crippen molar-refractivity contribution in [1.82, 2.24) is 14.8 Å². The lowest BCUT2D eigenvalue weighted by molar-refractivity contribution is -0.125. The number of aromatic nitrogens is 3. The predicted molar refractivity (Wildman–Crippen MR) is 89.8 cm³/mol. The van der Waals surface area contributed by atoms with Crippen molar-refractivity contribution in [2.24, 2.45) is 11.3 Å². The molecule has 0 fully saturated rings. The fraction of sp³-hybridized carbons (Fsp3) is 0.389. The zero-order chi connectivity index (χ0) is 16.9. The Morgan fingerprint density at radius 2 is 2.12 bits per heavy atom. The Labute approximate surface area is 140 Å². The molecule has 0 radical (unpaired) electrons. The van der Waals surface area contributed by atoms with E-state index in [0.717, 1.165) is 17.0 Å². The molecule has 0 saturated heterocycles. The van der Waals surface area contributed by atoms with Crippen LogP contribution in [-0.4, -0.2) is 27.7 Å². The maximum Gasteiger partial charge on any atom is 0.226 e. The van der Waals surface area contributed by atoms with Crippen LogP contribution in [0.4, 0.5) is 5.95 Å². The zero-order valence-corrected chi connectivity index (χ0v) is 14.0. The highest BCUT2D eigenvalue weighted by Crippen LogP contribution is 2.46. The number of carbonyl (C=O) groups is 1. The second-order valence-electron chi connectivity index (χ2n) is 7.05. The van der Waals surface area contributed by atoms with Crippen molar-refractivity contribution >= 4 is 11.7 Å². The molecule has 2 unspecified atom stereocenters. The molecule has 0 spiro atoms. The van der Waals surface area contributed by atoms with Gasteiger partial charge in [-0.3, -0.25) is 4.79 Å². The van der Waals surface area contributed by atoms with E-state index in [1.54, 1.807) is 11.8 Å². The Morgan fingerprint density at radius 3 is 2.92 bits per heavy atom. The molecule has 124 valence electrons. The lowest BCUT2D eigenvalue weighted by Crippen LogP contribution is -2.42. The Morgan fingerprint density at radius 1 is 1.33 bits per heavy atom. The number of hydrogen-bond acceptors (Lipinski definition) is 5. The van der Waals surface area contributed by atoms with Crippen LogP contribution >= 0.6 is 0 Å². The van der Waals surface area contributed by atoms with E-state index in [1.165, 1.54) is 6.33 Å². The number of ether oxygens (including phenoxy) is 1. The summed E-state index contributed by atoms with van der Waals surface area (Å²) in [7, 11) is 1.64. The maximum atomic E-state index is 13.0. The van der Waals surface area contributed by atoms with Gasteiger partial charge >= 0.3 is 0 Å². The van der Waals surface area contributed by atoms with Crippen molar-refractivity contribution in [3.63, 3.8) is 0 Å². The summed E-state index contributed by atoms with van der Waals surface area (Å²) in [6.45, 7) is 4.15. The molecule has 2 atom stereocenters. The van der Waals surface area contributed by atoms with Gasteiger partial charge < -0.3 is 10.1 Å². The van der Waals surface area contributed by atoms with Gasteiger partial charge in [0.25, 0.3) is 0 Å². The van der Waals surface area contributed by atoms with E-state index < -0.39 is 0 Å². The van der Waals surface area contributed by atoms with Gasteiger partial charge in [0.1, 0.15) is 17.9 Å². The van der Waals surface area contributed by atoms with Gasteiger partial charge in [-0.05, 0) is 11.5 Å². The number of rotatable bonds is 2. The summed E-state index contributed by atoms with van der Waals surface area (Å²) in [6.07, 6.45) is 4.18. The first kappa shape index (κ1) is 14.9. The number of nitrogens with zero attached hydrogens (tertiary/aromatic N) is 3. The number of hydrogen-bond donors (Lipinski definition) is 1. The number of carbonyl (C=O) groups excluding carboxylic acids is 1. The number of fused-ring (bicyclic) bond motifs is 2. The predicted octanol–water partition coefficient (Wildman–Crippen LogP) is 2.80. The molecule has 0 bridgehead atoms. The first-order valence-electron chi connectivity index (χ1n) is 8.05. The third kappa shape index (κ3) is 2.21. The maximum absolute atomic E-state index is 13.0. The average molecular weight is 324 g/mol. The molecule has 2 aliphatic rings. The number of para-hydroxylation sites is 1. The van der Waals surface area contributed by atoms with Crippen LogP contribution in [0.15, 0.2) is 42.4 Å². The molecule has 0 amide bonds. The standard InChI is InChI=1S/C18H20N4O2/c1-18(2)8-12-15(13(23)9-18)16(22-17(21-12)19-10-20-22)11-6-4-5-7-14(11)24-3/h4-8,10,15-16H,9H2,1-3H3,(H,19,20,21). The lowest BCUT2D eigenvalue weighted by Gasteiger charge is -2.40. The second kappa shape index (κ2) is 5.19. The third-order valence-electron chi connectivity index (χ3n) is 4.72. The minimum absolute atomic E-state index is 0.163. The van der Waals surface area contributed by atoms with Crippen molar-refractivity contribution in [3.8, 4) is 5.75 Å². The molecule has 6 nitrogen and oxygen atoms in total. The molecule has 1 aromatic carbocycles. The summed E-state index contributed by atoms with van der Waals surface area (Å²) in [4.78, 5) is 17.3. The highest BCUT2D eigenvalue weighted by Gasteiger charge is 2.45. The van der Waals surface area contributed by atoms with E-state index in [9.17, 15) is 4.79 Å². The average Bonchev–Trinajstić information content (AvgIpc) is 2.99. The van der Waals surface area contributed by atoms with Gasteiger partial charge in [0.05, 0.1) is 19.1 Å². The smallest absolute Gasteiger partial charge is 0.226 e. The largest absolute Gasteiger partial charge is 0.496 e. The van der Waals surface area contributed by atoms with Crippen LogP contribution in [0.1, 0.15) is 31.9 Å². The van der Waals surface area contributed by atoms with Crippen LogP contribution in [-0.2, 0) is 4.79 Å². The van der Waals surface area contributed by atoms with Crippen LogP contribution in [0.3, 0.4) is 0 Å². The Kier molecular flexibility index (Phi) is 3.23. The number of methoxy groups -OCH3 is 1. The quantitative estimate of drug-likeness (QED) is 0.920. The normalized spacial score (nSPS) is 24.5. The number of nitrogens with one attached hydrogen (secondary N) is 1. The fourth-order valence-electron chi connectivity index (χ4n) is 3.79. The van der Waals surface area contributed by atoms with Crippen LogP contribution in [0, 0.1) is 11.3 Å². The SMILES string of the molecule is COc1ccccc1C1C2C(=O)CC(C)(C)C=C2Nc2ncnn21. The molecule has 2 aromatic rings. The van der Waals surface area contributed by atoms with E-state index in [2.05, 4.69) is 35.3 Å². The van der Waals surface area contributed by atoms with Gasteiger partial charge in [-0.25, -0.2) is 4.68 Å². The fourth-order valence-corrected chi connectivity index (χ4v) is 3.79. The van der Waals surface area contributed by atoms with E-state index in [4.69, 9.17) is 4.74 Å². The van der Waals surface area contributed by atoms with Crippen LogP contribution in [0.5, 0.6) is 5.75 Å². The monoisotopic (exact) mass is 324 g/mol. The molecular weight excluding hydrogens is 304 g/mol. The molecule has 24 heavy (non-hydrogen) atoms.